The average Bonchev–Trinajstić information content (AvgIpc) is 1.91. The number of aromatic nitrogens is 2. The molecule has 1 heterocycles. The summed E-state index contributed by atoms with van der Waals surface area (Å²) in [6.07, 6.45) is 2.71. The van der Waals surface area contributed by atoms with Crippen molar-refractivity contribution >= 4 is 0 Å². The first-order chi connectivity index (χ1) is 3.30. The molecule has 0 amide bonds. The van der Waals surface area contributed by atoms with E-state index >= 15 is 0 Å². The lowest BCUT2D eigenvalue weighted by Gasteiger charge is -1.87. The molecule has 0 unspecified atom stereocenters. The van der Waals surface area contributed by atoms with Crippen LogP contribution in [0.5, 0.6) is 0 Å². The Hall–Kier alpha value is -0.790. The number of nitrogens with zero attached hydrogens (tertiary/aromatic N) is 2. The molecule has 37 valence electrons. The van der Waals surface area contributed by atoms with Gasteiger partial charge in [0.1, 0.15) is 6.20 Å². The summed E-state index contributed by atoms with van der Waals surface area (Å²) in [5, 5.41) is 3.81. The maximum Gasteiger partial charge on any atom is 0.113 e. The lowest BCUT2D eigenvalue weighted by molar-refractivity contribution is 0.738. The van der Waals surface area contributed by atoms with Crippen molar-refractivity contribution in [2.45, 2.75) is 6.92 Å². The molecule has 0 saturated carbocycles. The van der Waals surface area contributed by atoms with E-state index < -0.39 is 0 Å². The van der Waals surface area contributed by atoms with Crippen molar-refractivity contribution < 1.29 is 0 Å². The van der Waals surface area contributed by atoms with Gasteiger partial charge in [-0.15, -0.1) is 0 Å². The summed E-state index contributed by atoms with van der Waals surface area (Å²) < 4.78 is 1.78. The van der Waals surface area contributed by atoms with Crippen molar-refractivity contribution in [3.05, 3.63) is 18.0 Å². The van der Waals surface area contributed by atoms with Gasteiger partial charge in [-0.2, -0.15) is 5.10 Å². The van der Waals surface area contributed by atoms with Crippen molar-refractivity contribution in [3.63, 3.8) is 0 Å². The highest BCUT2D eigenvalue weighted by Gasteiger charge is 1.84. The van der Waals surface area contributed by atoms with Gasteiger partial charge in [0, 0.05) is 12.7 Å². The van der Waals surface area contributed by atoms with Crippen LogP contribution in [0.15, 0.2) is 6.07 Å². The number of rotatable bonds is 0. The van der Waals surface area contributed by atoms with E-state index in [0.717, 1.165) is 5.69 Å². The molecule has 0 aliphatic rings. The zero-order chi connectivity index (χ0) is 5.28. The molecule has 0 aliphatic carbocycles. The molecule has 1 aromatic heterocycles. The van der Waals surface area contributed by atoms with Gasteiger partial charge in [-0.05, 0) is 13.0 Å². The van der Waals surface area contributed by atoms with Crippen LogP contribution < -0.4 is 0 Å². The van der Waals surface area contributed by atoms with E-state index in [2.05, 4.69) is 11.3 Å². The molecule has 1 aromatic rings. The van der Waals surface area contributed by atoms with Crippen LogP contribution >= 0.6 is 0 Å². The van der Waals surface area contributed by atoms with Crippen LogP contribution in [0.2, 0.25) is 0 Å². The average molecular weight is 95.1 g/mol. The highest BCUT2D eigenvalue weighted by molar-refractivity contribution is 4.93. The molecule has 2 heteroatoms. The Bertz CT molecular complexity index is 138. The largest absolute Gasteiger partial charge is 0.272 e. The molecule has 0 aromatic carbocycles. The predicted molar refractivity (Wildman–Crippen MR) is 26.8 cm³/mol. The smallest absolute Gasteiger partial charge is 0.113 e. The van der Waals surface area contributed by atoms with Crippen molar-refractivity contribution in [1.29, 1.82) is 0 Å². The van der Waals surface area contributed by atoms with E-state index in [-0.39, 0.29) is 0 Å². The van der Waals surface area contributed by atoms with E-state index in [1.165, 1.54) is 0 Å². The van der Waals surface area contributed by atoms with Crippen molar-refractivity contribution in [2.24, 2.45) is 7.05 Å². The molecule has 2 nitrogen and oxygen atoms in total. The Balaban J connectivity index is 3.12. The molecule has 1 radical (unpaired) electrons. The summed E-state index contributed by atoms with van der Waals surface area (Å²) in [5.74, 6) is 0. The zero-order valence-electron chi connectivity index (χ0n) is 4.47. The third kappa shape index (κ3) is 0.633. The minimum Gasteiger partial charge on any atom is -0.272 e. The minimum atomic E-state index is 1.14. The third-order valence-electron chi connectivity index (χ3n) is 0.992. The summed E-state index contributed by atoms with van der Waals surface area (Å²) in [4.78, 5) is 0. The molecule has 1 rings (SSSR count). The Kier molecular flexibility index (Phi) is 0.855. The lowest BCUT2D eigenvalue weighted by atomic mass is 10.5. The first-order valence-electron chi connectivity index (χ1n) is 2.17. The first-order valence-corrected chi connectivity index (χ1v) is 2.17. The molecule has 0 fully saturated rings. The standard InChI is InChI=1S/C5H7N2/c1-5-3-4-6-7(5)2/h3H,1-2H3. The summed E-state index contributed by atoms with van der Waals surface area (Å²) in [7, 11) is 1.89. The number of aryl methyl sites for hydroxylation is 2. The van der Waals surface area contributed by atoms with Crippen LogP contribution in [0.25, 0.3) is 0 Å². The Morgan fingerprint density at radius 1 is 1.86 bits per heavy atom. The van der Waals surface area contributed by atoms with Gasteiger partial charge in [0.05, 0.1) is 0 Å². The molecule has 0 N–H and O–H groups in total. The first kappa shape index (κ1) is 4.37. The van der Waals surface area contributed by atoms with Gasteiger partial charge < -0.3 is 0 Å². The van der Waals surface area contributed by atoms with Gasteiger partial charge >= 0.3 is 0 Å². The fourth-order valence-corrected chi connectivity index (χ4v) is 0.381. The maximum atomic E-state index is 3.81. The summed E-state index contributed by atoms with van der Waals surface area (Å²) in [6, 6.07) is 1.85. The van der Waals surface area contributed by atoms with E-state index in [1.807, 2.05) is 20.0 Å². The highest BCUT2D eigenvalue weighted by Crippen LogP contribution is 1.88. The molecule has 7 heavy (non-hydrogen) atoms. The van der Waals surface area contributed by atoms with Gasteiger partial charge in [0.25, 0.3) is 0 Å². The Morgan fingerprint density at radius 3 is 2.71 bits per heavy atom. The second-order valence-electron chi connectivity index (χ2n) is 1.54. The van der Waals surface area contributed by atoms with E-state index in [9.17, 15) is 0 Å². The van der Waals surface area contributed by atoms with Crippen molar-refractivity contribution in [2.75, 3.05) is 0 Å². The molecule has 0 aliphatic heterocycles. The lowest BCUT2D eigenvalue weighted by Crippen LogP contribution is -1.90. The second-order valence-corrected chi connectivity index (χ2v) is 1.54. The van der Waals surface area contributed by atoms with E-state index in [0.29, 0.717) is 0 Å². The van der Waals surface area contributed by atoms with Gasteiger partial charge in [-0.3, -0.25) is 4.68 Å². The molecular formula is C5H7N2. The quantitative estimate of drug-likeness (QED) is 0.459. The molecule has 0 spiro atoms. The number of hydrogen-bond acceptors (Lipinski definition) is 1. The molecule has 0 bridgehead atoms. The Morgan fingerprint density at radius 2 is 2.57 bits per heavy atom. The van der Waals surface area contributed by atoms with Gasteiger partial charge in [-0.1, -0.05) is 0 Å². The van der Waals surface area contributed by atoms with Crippen LogP contribution in [-0.2, 0) is 7.05 Å². The Labute approximate surface area is 42.8 Å². The van der Waals surface area contributed by atoms with Crippen LogP contribution in [0.1, 0.15) is 5.69 Å². The van der Waals surface area contributed by atoms with Crippen molar-refractivity contribution in [1.82, 2.24) is 9.78 Å². The summed E-state index contributed by atoms with van der Waals surface area (Å²) in [5.41, 5.74) is 1.14. The normalized spacial score (nSPS) is 9.43. The second kappa shape index (κ2) is 1.37. The molecular weight excluding hydrogens is 88.1 g/mol. The molecule has 0 atom stereocenters. The van der Waals surface area contributed by atoms with Crippen LogP contribution in [0, 0.1) is 13.1 Å². The van der Waals surface area contributed by atoms with Crippen LogP contribution in [-0.4, -0.2) is 9.78 Å². The maximum absolute atomic E-state index is 3.81. The summed E-state index contributed by atoms with van der Waals surface area (Å²) in [6.45, 7) is 1.99. The predicted octanol–water partition coefficient (Wildman–Crippen LogP) is 0.529. The van der Waals surface area contributed by atoms with Crippen molar-refractivity contribution in [3.8, 4) is 0 Å². The summed E-state index contributed by atoms with van der Waals surface area (Å²) >= 11 is 0. The van der Waals surface area contributed by atoms with Gasteiger partial charge in [0.2, 0.25) is 0 Å². The third-order valence-corrected chi connectivity index (χ3v) is 0.992. The monoisotopic (exact) mass is 95.1 g/mol. The fraction of sp³-hybridized carbons (Fsp3) is 0.400. The van der Waals surface area contributed by atoms with Gasteiger partial charge in [0.15, 0.2) is 0 Å². The fourth-order valence-electron chi connectivity index (χ4n) is 0.381. The highest BCUT2D eigenvalue weighted by atomic mass is 15.2. The molecule has 0 saturated heterocycles. The van der Waals surface area contributed by atoms with E-state index in [1.54, 1.807) is 4.68 Å². The van der Waals surface area contributed by atoms with Gasteiger partial charge in [-0.25, -0.2) is 0 Å². The zero-order valence-corrected chi connectivity index (χ0v) is 4.47. The number of hydrogen-bond donors (Lipinski definition) is 0. The van der Waals surface area contributed by atoms with Crippen LogP contribution in [0.3, 0.4) is 0 Å². The van der Waals surface area contributed by atoms with E-state index in [4.69, 9.17) is 0 Å². The van der Waals surface area contributed by atoms with Crippen LogP contribution in [0.4, 0.5) is 0 Å². The minimum absolute atomic E-state index is 1.14. The SMILES string of the molecule is Cc1c[c]nn1C. The topological polar surface area (TPSA) is 17.8 Å².